The second-order valence-corrected chi connectivity index (χ2v) is 20.2. The Balaban J connectivity index is 1.29. The van der Waals surface area contributed by atoms with E-state index in [0.29, 0.717) is 46.5 Å². The topological polar surface area (TPSA) is 56.5 Å². The van der Waals surface area contributed by atoms with Crippen LogP contribution in [0.4, 0.5) is 65.9 Å². The van der Waals surface area contributed by atoms with E-state index in [1.807, 2.05) is 0 Å². The number of fused-ring (bicyclic) bond motifs is 3. The summed E-state index contributed by atoms with van der Waals surface area (Å²) in [6.07, 6.45) is -26.4. The number of alkyl halides is 15. The molecule has 0 spiro atoms. The minimum absolute atomic E-state index is 0.00706. The molecule has 9 aromatic carbocycles. The Labute approximate surface area is 483 Å². The van der Waals surface area contributed by atoms with Crippen molar-refractivity contribution < 1.29 is 65.9 Å². The molecule has 0 fully saturated rings. The van der Waals surface area contributed by atoms with Gasteiger partial charge in [-0.15, -0.1) is 0 Å². The summed E-state index contributed by atoms with van der Waals surface area (Å²) in [6, 6.07) is 47.4. The van der Waals surface area contributed by atoms with Gasteiger partial charge in [-0.25, -0.2) is 19.9 Å². The Kier molecular flexibility index (Phi) is 14.1. The maximum atomic E-state index is 16.1. The number of benzene rings is 9. The number of nitrogens with zero attached hydrogens (tertiary/aromatic N) is 5. The second-order valence-electron chi connectivity index (χ2n) is 20.2. The summed E-state index contributed by atoms with van der Waals surface area (Å²) in [5.74, 6) is -0.395. The van der Waals surface area contributed by atoms with Gasteiger partial charge >= 0.3 is 30.9 Å². The molecule has 0 radical (unpaired) electrons. The Morgan fingerprint density at radius 2 is 0.552 bits per heavy atom. The van der Waals surface area contributed by atoms with Gasteiger partial charge < -0.3 is 4.57 Å². The number of hydrogen-bond acceptors (Lipinski definition) is 4. The quantitative estimate of drug-likeness (QED) is 0.135. The molecule has 0 saturated carbocycles. The molecule has 87 heavy (non-hydrogen) atoms. The standard InChI is InChI=1S/C67H36F15N5/c68-63(69,70)45-25-43(26-46(31-45)64(71,72)73)41-21-23-50-51-24-22-42(44-27-47(65(74,75)76)32-48(28-44)66(77,78)79)30-59(51)87(58(50)29-41)60-52(57-36-56(39-17-9-3-10-18-39)83-61(86-57)40-19-11-4-12-20-40)33-49(67(80,81)82)34-53(60)62-84-54(37-13-5-1-6-14-37)35-55(85-62)38-15-7-2-8-16-38/h1-36H. The van der Waals surface area contributed by atoms with Gasteiger partial charge in [-0.1, -0.05) is 146 Å². The lowest BCUT2D eigenvalue weighted by Crippen LogP contribution is -2.11. The smallest absolute Gasteiger partial charge is 0.308 e. The Morgan fingerprint density at radius 1 is 0.241 bits per heavy atom. The highest BCUT2D eigenvalue weighted by Crippen LogP contribution is 2.48. The third-order valence-corrected chi connectivity index (χ3v) is 14.5. The van der Waals surface area contributed by atoms with Gasteiger partial charge in [-0.05, 0) is 95.1 Å². The molecule has 0 aliphatic heterocycles. The second kappa shape index (κ2) is 21.4. The lowest BCUT2D eigenvalue weighted by molar-refractivity contribution is -0.144. The summed E-state index contributed by atoms with van der Waals surface area (Å²) in [6.45, 7) is 0. The number of rotatable bonds is 9. The average molecular weight is 1200 g/mol. The van der Waals surface area contributed by atoms with Crippen molar-refractivity contribution in [2.45, 2.75) is 30.9 Å². The molecule has 0 bridgehead atoms. The van der Waals surface area contributed by atoms with E-state index in [9.17, 15) is 52.7 Å². The molecular weight excluding hydrogens is 1160 g/mol. The molecule has 3 heterocycles. The maximum absolute atomic E-state index is 16.1. The molecule has 12 rings (SSSR count). The average Bonchev–Trinajstić information content (AvgIpc) is 1.67. The van der Waals surface area contributed by atoms with E-state index in [2.05, 4.69) is 0 Å². The minimum atomic E-state index is -5.31. The summed E-state index contributed by atoms with van der Waals surface area (Å²) < 4.78 is 224. The van der Waals surface area contributed by atoms with Crippen molar-refractivity contribution in [3.05, 3.63) is 246 Å². The van der Waals surface area contributed by atoms with E-state index in [-0.39, 0.29) is 90.7 Å². The van der Waals surface area contributed by atoms with Crippen molar-refractivity contribution in [1.82, 2.24) is 24.5 Å². The Morgan fingerprint density at radius 3 is 0.920 bits per heavy atom. The molecule has 0 N–H and O–H groups in total. The van der Waals surface area contributed by atoms with Crippen molar-refractivity contribution >= 4 is 21.8 Å². The Hall–Kier alpha value is -10.1. The molecule has 12 aromatic rings. The predicted molar refractivity (Wildman–Crippen MR) is 300 cm³/mol. The first-order chi connectivity index (χ1) is 41.2. The van der Waals surface area contributed by atoms with Gasteiger partial charge in [0, 0.05) is 44.2 Å². The van der Waals surface area contributed by atoms with Crippen LogP contribution >= 0.6 is 0 Å². The van der Waals surface area contributed by atoms with Crippen LogP contribution < -0.4 is 0 Å². The molecule has 3 aromatic heterocycles. The van der Waals surface area contributed by atoms with E-state index < -0.39 is 75.4 Å². The first-order valence-corrected chi connectivity index (χ1v) is 26.2. The lowest BCUT2D eigenvalue weighted by atomic mass is 9.96. The van der Waals surface area contributed by atoms with Crippen molar-refractivity contribution in [3.63, 3.8) is 0 Å². The van der Waals surface area contributed by atoms with E-state index in [4.69, 9.17) is 19.9 Å². The third kappa shape index (κ3) is 11.5. The molecule has 434 valence electrons. The highest BCUT2D eigenvalue weighted by Gasteiger charge is 2.40. The minimum Gasteiger partial charge on any atom is -0.308 e. The van der Waals surface area contributed by atoms with Gasteiger partial charge in [-0.2, -0.15) is 65.9 Å². The van der Waals surface area contributed by atoms with Gasteiger partial charge in [0.05, 0.1) is 67.3 Å². The van der Waals surface area contributed by atoms with Crippen LogP contribution in [0.1, 0.15) is 27.8 Å². The van der Waals surface area contributed by atoms with E-state index in [1.165, 1.54) is 47.0 Å². The van der Waals surface area contributed by atoms with Gasteiger partial charge in [-0.3, -0.25) is 0 Å². The molecular formula is C67H36F15N5. The summed E-state index contributed by atoms with van der Waals surface area (Å²) in [4.78, 5) is 19.6. The van der Waals surface area contributed by atoms with E-state index in [1.54, 1.807) is 127 Å². The lowest BCUT2D eigenvalue weighted by Gasteiger charge is -2.22. The van der Waals surface area contributed by atoms with Crippen LogP contribution in [0.5, 0.6) is 0 Å². The first-order valence-electron chi connectivity index (χ1n) is 26.2. The maximum Gasteiger partial charge on any atom is 0.416 e. The zero-order valence-electron chi connectivity index (χ0n) is 44.2. The summed E-state index contributed by atoms with van der Waals surface area (Å²) in [7, 11) is 0. The largest absolute Gasteiger partial charge is 0.416 e. The highest BCUT2D eigenvalue weighted by molar-refractivity contribution is 6.12. The third-order valence-electron chi connectivity index (χ3n) is 14.5. The van der Waals surface area contributed by atoms with E-state index >= 15 is 13.2 Å². The van der Waals surface area contributed by atoms with Crippen LogP contribution in [-0.4, -0.2) is 24.5 Å². The van der Waals surface area contributed by atoms with Crippen molar-refractivity contribution in [1.29, 1.82) is 0 Å². The summed E-state index contributed by atoms with van der Waals surface area (Å²) in [5.41, 5.74) is -9.10. The predicted octanol–water partition coefficient (Wildman–Crippen LogP) is 20.8. The Bertz CT molecular complexity index is 4130. The zero-order chi connectivity index (χ0) is 61.4. The number of aromatic nitrogens is 5. The van der Waals surface area contributed by atoms with Crippen LogP contribution in [0.3, 0.4) is 0 Å². The van der Waals surface area contributed by atoms with Crippen molar-refractivity contribution in [2.75, 3.05) is 0 Å². The highest BCUT2D eigenvalue weighted by atomic mass is 19.4. The van der Waals surface area contributed by atoms with Gasteiger partial charge in [0.15, 0.2) is 11.6 Å². The van der Waals surface area contributed by atoms with Crippen molar-refractivity contribution in [3.8, 4) is 95.7 Å². The normalized spacial score (nSPS) is 12.5. The fourth-order valence-electron chi connectivity index (χ4n) is 10.4. The fourth-order valence-corrected chi connectivity index (χ4v) is 10.4. The molecule has 0 amide bonds. The molecule has 0 atom stereocenters. The summed E-state index contributed by atoms with van der Waals surface area (Å²) >= 11 is 0. The monoisotopic (exact) mass is 1200 g/mol. The fraction of sp³-hybridized carbons (Fsp3) is 0.0746. The zero-order valence-corrected chi connectivity index (χ0v) is 44.2. The molecule has 0 saturated heterocycles. The van der Waals surface area contributed by atoms with E-state index in [0.717, 1.165) is 12.1 Å². The van der Waals surface area contributed by atoms with Crippen LogP contribution in [0, 0.1) is 0 Å². The van der Waals surface area contributed by atoms with Gasteiger partial charge in [0.2, 0.25) is 0 Å². The first kappa shape index (κ1) is 57.3. The van der Waals surface area contributed by atoms with Crippen LogP contribution in [0.15, 0.2) is 218 Å². The molecule has 0 aliphatic rings. The molecule has 5 nitrogen and oxygen atoms in total. The molecule has 20 heteroatoms. The van der Waals surface area contributed by atoms with Crippen LogP contribution in [0.25, 0.3) is 118 Å². The van der Waals surface area contributed by atoms with Gasteiger partial charge in [0.1, 0.15) is 0 Å². The SMILES string of the molecule is FC(F)(F)c1cc(-c2ccc3c4ccc(-c5cc(C(F)(F)F)cc(C(F)(F)F)c5)cc4n(-c4c(-c5cc(-c6ccccc6)nc(-c6ccccc6)n5)cc(C(F)(F)F)cc4-c4nc(-c5ccccc5)cc(-c5ccccc5)n4)c3c2)cc(C(F)(F)F)c1. The number of halogens is 15. The molecule has 0 unspecified atom stereocenters. The molecule has 0 aliphatic carbocycles. The number of hydrogen-bond donors (Lipinski definition) is 0. The summed E-state index contributed by atoms with van der Waals surface area (Å²) in [5, 5.41) is 0.225. The van der Waals surface area contributed by atoms with Crippen LogP contribution in [-0.2, 0) is 30.9 Å². The van der Waals surface area contributed by atoms with Crippen LogP contribution in [0.2, 0.25) is 0 Å². The van der Waals surface area contributed by atoms with Crippen molar-refractivity contribution in [2.24, 2.45) is 0 Å². The van der Waals surface area contributed by atoms with Gasteiger partial charge in [0.25, 0.3) is 0 Å².